The Labute approximate surface area is 180 Å². The molecular weight excluding hydrogens is 449 g/mol. The molecule has 5 nitrogen and oxygen atoms in total. The summed E-state index contributed by atoms with van der Waals surface area (Å²) < 4.78 is 2.17. The second-order valence-corrected chi connectivity index (χ2v) is 7.25. The molecule has 0 radical (unpaired) electrons. The van der Waals surface area contributed by atoms with Gasteiger partial charge in [0.1, 0.15) is 12.4 Å². The highest BCUT2D eigenvalue weighted by atomic mass is 127. The van der Waals surface area contributed by atoms with Crippen LogP contribution in [0.1, 0.15) is 50.9 Å². The monoisotopic (exact) mass is 481 g/mol. The minimum absolute atomic E-state index is 0. The minimum Gasteiger partial charge on any atom is -0.357 e. The maximum Gasteiger partial charge on any atom is 0.191 e. The zero-order valence-electron chi connectivity index (χ0n) is 16.4. The van der Waals surface area contributed by atoms with Crippen molar-refractivity contribution in [2.75, 3.05) is 6.54 Å². The van der Waals surface area contributed by atoms with Crippen LogP contribution in [-0.4, -0.2) is 28.1 Å². The van der Waals surface area contributed by atoms with Gasteiger partial charge in [-0.1, -0.05) is 37.3 Å². The van der Waals surface area contributed by atoms with Gasteiger partial charge < -0.3 is 15.2 Å². The van der Waals surface area contributed by atoms with Gasteiger partial charge in [0.25, 0.3) is 0 Å². The van der Waals surface area contributed by atoms with Crippen molar-refractivity contribution in [2.24, 2.45) is 10.9 Å². The van der Waals surface area contributed by atoms with Crippen molar-refractivity contribution < 1.29 is 0 Å². The maximum atomic E-state index is 4.78. The van der Waals surface area contributed by atoms with Crippen LogP contribution in [0, 0.1) is 5.92 Å². The van der Waals surface area contributed by atoms with Gasteiger partial charge >= 0.3 is 0 Å². The number of guanidine groups is 1. The van der Waals surface area contributed by atoms with E-state index in [1.807, 2.05) is 18.5 Å². The van der Waals surface area contributed by atoms with Crippen molar-refractivity contribution in [1.29, 1.82) is 0 Å². The topological polar surface area (TPSA) is 54.2 Å². The van der Waals surface area contributed by atoms with Gasteiger partial charge in [-0.15, -0.1) is 24.0 Å². The van der Waals surface area contributed by atoms with E-state index in [4.69, 9.17) is 4.99 Å². The molecule has 1 heterocycles. The Bertz CT molecular complexity index is 690. The molecule has 1 saturated carbocycles. The van der Waals surface area contributed by atoms with Crippen LogP contribution < -0.4 is 10.6 Å². The first-order valence-corrected chi connectivity index (χ1v) is 9.83. The molecule has 1 aliphatic carbocycles. The number of halogens is 1. The number of nitrogens with one attached hydrogen (secondary N) is 2. The van der Waals surface area contributed by atoms with E-state index >= 15 is 0 Å². The second kappa shape index (κ2) is 11.3. The van der Waals surface area contributed by atoms with Gasteiger partial charge in [0, 0.05) is 31.5 Å². The van der Waals surface area contributed by atoms with Crippen LogP contribution >= 0.6 is 24.0 Å². The zero-order chi connectivity index (χ0) is 18.2. The van der Waals surface area contributed by atoms with Gasteiger partial charge in [0.15, 0.2) is 5.96 Å². The molecule has 2 N–H and O–H groups in total. The van der Waals surface area contributed by atoms with E-state index < -0.39 is 0 Å². The van der Waals surface area contributed by atoms with Crippen molar-refractivity contribution in [3.63, 3.8) is 0 Å². The number of aliphatic imine (C=N–C) groups is 1. The van der Waals surface area contributed by atoms with Crippen LogP contribution in [0.15, 0.2) is 47.7 Å². The summed E-state index contributed by atoms with van der Waals surface area (Å²) in [6, 6.07) is 11.0. The van der Waals surface area contributed by atoms with Crippen molar-refractivity contribution in [3.8, 4) is 0 Å². The van der Waals surface area contributed by atoms with E-state index in [0.717, 1.165) is 30.8 Å². The normalized spacial score (nSPS) is 20.0. The fourth-order valence-electron chi connectivity index (χ4n) is 3.48. The Morgan fingerprint density at radius 3 is 2.63 bits per heavy atom. The molecule has 2 aromatic rings. The van der Waals surface area contributed by atoms with Crippen LogP contribution in [-0.2, 0) is 13.1 Å². The number of rotatable bonds is 6. The molecule has 1 aromatic heterocycles. The van der Waals surface area contributed by atoms with Crippen molar-refractivity contribution in [2.45, 2.75) is 58.7 Å². The lowest BCUT2D eigenvalue weighted by Crippen LogP contribution is -2.44. The van der Waals surface area contributed by atoms with E-state index in [2.05, 4.69) is 58.3 Å². The Morgan fingerprint density at radius 1 is 1.19 bits per heavy atom. The van der Waals surface area contributed by atoms with Crippen LogP contribution in [0.5, 0.6) is 0 Å². The summed E-state index contributed by atoms with van der Waals surface area (Å²) in [6.45, 7) is 6.74. The number of imidazole rings is 1. The molecule has 1 aliphatic rings. The molecule has 0 atom stereocenters. The van der Waals surface area contributed by atoms with E-state index in [-0.39, 0.29) is 24.0 Å². The fourth-order valence-corrected chi connectivity index (χ4v) is 3.48. The summed E-state index contributed by atoms with van der Waals surface area (Å²) in [4.78, 5) is 9.28. The first-order valence-electron chi connectivity index (χ1n) is 9.83. The number of benzene rings is 1. The number of hydrogen-bond acceptors (Lipinski definition) is 2. The van der Waals surface area contributed by atoms with Gasteiger partial charge in [-0.2, -0.15) is 0 Å². The van der Waals surface area contributed by atoms with Gasteiger partial charge in [0.2, 0.25) is 0 Å². The zero-order valence-corrected chi connectivity index (χ0v) is 18.7. The Hall–Kier alpha value is -1.57. The average molecular weight is 481 g/mol. The molecule has 0 bridgehead atoms. The molecule has 0 spiro atoms. The van der Waals surface area contributed by atoms with E-state index in [1.165, 1.54) is 31.2 Å². The molecule has 0 aliphatic heterocycles. The average Bonchev–Trinajstić information content (AvgIpc) is 3.09. The number of nitrogens with zero attached hydrogens (tertiary/aromatic N) is 3. The van der Waals surface area contributed by atoms with Crippen LogP contribution in [0.3, 0.4) is 0 Å². The first-order chi connectivity index (χ1) is 12.7. The summed E-state index contributed by atoms with van der Waals surface area (Å²) >= 11 is 0. The Kier molecular flexibility index (Phi) is 9.10. The summed E-state index contributed by atoms with van der Waals surface area (Å²) in [5, 5.41) is 6.99. The standard InChI is InChI=1S/C21H31N5.HI/c1-3-22-21(25-19-11-9-17(2)10-12-19)24-15-20-23-13-14-26(20)16-18-7-5-4-6-8-18;/h4-8,13-14,17,19H,3,9-12,15-16H2,1-2H3,(H2,22,24,25);1H. The van der Waals surface area contributed by atoms with E-state index in [0.29, 0.717) is 12.6 Å². The van der Waals surface area contributed by atoms with E-state index in [1.54, 1.807) is 0 Å². The highest BCUT2D eigenvalue weighted by Crippen LogP contribution is 2.23. The maximum absolute atomic E-state index is 4.78. The lowest BCUT2D eigenvalue weighted by Gasteiger charge is -2.28. The van der Waals surface area contributed by atoms with Gasteiger partial charge in [0.05, 0.1) is 0 Å². The highest BCUT2D eigenvalue weighted by Gasteiger charge is 2.18. The van der Waals surface area contributed by atoms with Crippen LogP contribution in [0.4, 0.5) is 0 Å². The summed E-state index contributed by atoms with van der Waals surface area (Å²) in [7, 11) is 0. The van der Waals surface area contributed by atoms with Gasteiger partial charge in [-0.3, -0.25) is 0 Å². The molecule has 1 fully saturated rings. The predicted molar refractivity (Wildman–Crippen MR) is 123 cm³/mol. The van der Waals surface area contributed by atoms with Crippen molar-refractivity contribution in [3.05, 3.63) is 54.1 Å². The molecule has 0 amide bonds. The number of aromatic nitrogens is 2. The molecule has 148 valence electrons. The third kappa shape index (κ3) is 6.83. The molecule has 27 heavy (non-hydrogen) atoms. The highest BCUT2D eigenvalue weighted by molar-refractivity contribution is 14.0. The van der Waals surface area contributed by atoms with Crippen molar-refractivity contribution in [1.82, 2.24) is 20.2 Å². The molecule has 6 heteroatoms. The second-order valence-electron chi connectivity index (χ2n) is 7.25. The third-order valence-corrected chi connectivity index (χ3v) is 5.08. The largest absolute Gasteiger partial charge is 0.357 e. The molecular formula is C21H32IN5. The van der Waals surface area contributed by atoms with Crippen LogP contribution in [0.25, 0.3) is 0 Å². The molecule has 0 saturated heterocycles. The van der Waals surface area contributed by atoms with E-state index in [9.17, 15) is 0 Å². The van der Waals surface area contributed by atoms with Crippen molar-refractivity contribution >= 4 is 29.9 Å². The first kappa shape index (κ1) is 21.7. The quantitative estimate of drug-likeness (QED) is 0.370. The lowest BCUT2D eigenvalue weighted by atomic mass is 9.87. The van der Waals surface area contributed by atoms with Gasteiger partial charge in [-0.25, -0.2) is 9.98 Å². The smallest absolute Gasteiger partial charge is 0.191 e. The lowest BCUT2D eigenvalue weighted by molar-refractivity contribution is 0.329. The Morgan fingerprint density at radius 2 is 1.93 bits per heavy atom. The summed E-state index contributed by atoms with van der Waals surface area (Å²) in [5.74, 6) is 2.75. The van der Waals surface area contributed by atoms with Gasteiger partial charge in [-0.05, 0) is 44.1 Å². The predicted octanol–water partition coefficient (Wildman–Crippen LogP) is 4.18. The Balaban J connectivity index is 0.00000261. The summed E-state index contributed by atoms with van der Waals surface area (Å²) in [5.41, 5.74) is 1.28. The molecule has 1 aromatic carbocycles. The minimum atomic E-state index is 0. The fraction of sp³-hybridized carbons (Fsp3) is 0.524. The number of hydrogen-bond donors (Lipinski definition) is 2. The molecule has 0 unspecified atom stereocenters. The summed E-state index contributed by atoms with van der Waals surface area (Å²) in [6.07, 6.45) is 8.96. The van der Waals surface area contributed by atoms with Crippen LogP contribution in [0.2, 0.25) is 0 Å². The SMILES string of the molecule is CCNC(=NCc1nccn1Cc1ccccc1)NC1CCC(C)CC1.I. The molecule has 3 rings (SSSR count). The third-order valence-electron chi connectivity index (χ3n) is 5.08.